The number of methoxy groups -OCH3 is 2. The number of thiocarbonyl (C=S) groups is 1. The molecule has 0 fully saturated rings. The summed E-state index contributed by atoms with van der Waals surface area (Å²) in [6.45, 7) is 1.97. The van der Waals surface area contributed by atoms with Crippen LogP contribution < -0.4 is 20.1 Å². The first kappa shape index (κ1) is 18.5. The molecule has 2 aromatic rings. The Hall–Kier alpha value is -2.87. The summed E-state index contributed by atoms with van der Waals surface area (Å²) in [5, 5.41) is 17.4. The van der Waals surface area contributed by atoms with E-state index in [-0.39, 0.29) is 11.7 Å². The fourth-order valence-corrected chi connectivity index (χ4v) is 2.53. The molecule has 0 heterocycles. The summed E-state index contributed by atoms with van der Waals surface area (Å²) in [4.78, 5) is 10.4. The van der Waals surface area contributed by atoms with E-state index in [0.29, 0.717) is 16.5 Å². The molecule has 7 nitrogen and oxygen atoms in total. The highest BCUT2D eigenvalue weighted by Gasteiger charge is 2.13. The van der Waals surface area contributed by atoms with Gasteiger partial charge in [-0.3, -0.25) is 10.1 Å². The lowest BCUT2D eigenvalue weighted by molar-refractivity contribution is -0.384. The molecule has 0 spiro atoms. The van der Waals surface area contributed by atoms with Crippen molar-refractivity contribution in [2.75, 3.05) is 19.5 Å². The number of benzene rings is 2. The average Bonchev–Trinajstić information content (AvgIpc) is 2.61. The zero-order chi connectivity index (χ0) is 18.4. The minimum Gasteiger partial charge on any atom is -0.497 e. The normalized spacial score (nSPS) is 11.3. The molecule has 0 radical (unpaired) electrons. The monoisotopic (exact) mass is 361 g/mol. The Morgan fingerprint density at radius 3 is 2.60 bits per heavy atom. The van der Waals surface area contributed by atoms with Gasteiger partial charge in [0, 0.05) is 6.07 Å². The van der Waals surface area contributed by atoms with Crippen LogP contribution in [-0.4, -0.2) is 24.3 Å². The minimum atomic E-state index is -0.478. The maximum absolute atomic E-state index is 10.8. The van der Waals surface area contributed by atoms with Gasteiger partial charge in [0.25, 0.3) is 5.69 Å². The highest BCUT2D eigenvalue weighted by Crippen LogP contribution is 2.29. The summed E-state index contributed by atoms with van der Waals surface area (Å²) in [5.41, 5.74) is 1.51. The minimum absolute atomic E-state index is 0.0500. The van der Waals surface area contributed by atoms with Gasteiger partial charge in [-0.1, -0.05) is 12.1 Å². The first-order valence-corrected chi connectivity index (χ1v) is 7.89. The van der Waals surface area contributed by atoms with Gasteiger partial charge in [-0.15, -0.1) is 0 Å². The molecule has 8 heteroatoms. The molecule has 0 saturated carbocycles. The molecule has 0 aliphatic rings. The van der Waals surface area contributed by atoms with Crippen molar-refractivity contribution in [3.05, 3.63) is 58.1 Å². The predicted octanol–water partition coefficient (Wildman–Crippen LogP) is 3.66. The second kappa shape index (κ2) is 8.29. The molecule has 1 unspecified atom stereocenters. The van der Waals surface area contributed by atoms with Crippen molar-refractivity contribution in [2.45, 2.75) is 13.0 Å². The number of hydrogen-bond acceptors (Lipinski definition) is 5. The molecular formula is C17H19N3O4S. The predicted molar refractivity (Wildman–Crippen MR) is 100 cm³/mol. The lowest BCUT2D eigenvalue weighted by atomic mass is 10.1. The number of nitro groups is 1. The number of nitrogens with zero attached hydrogens (tertiary/aromatic N) is 1. The van der Waals surface area contributed by atoms with Gasteiger partial charge < -0.3 is 20.1 Å². The molecule has 2 N–H and O–H groups in total. The van der Waals surface area contributed by atoms with E-state index in [1.165, 1.54) is 19.2 Å². The first-order chi connectivity index (χ1) is 11.9. The lowest BCUT2D eigenvalue weighted by Crippen LogP contribution is -2.31. The Kier molecular flexibility index (Phi) is 6.13. The molecule has 2 aromatic carbocycles. The zero-order valence-electron chi connectivity index (χ0n) is 14.1. The molecule has 0 saturated heterocycles. The van der Waals surface area contributed by atoms with Crippen molar-refractivity contribution in [3.8, 4) is 11.5 Å². The van der Waals surface area contributed by atoms with Crippen LogP contribution in [-0.2, 0) is 0 Å². The molecule has 0 aliphatic carbocycles. The third-order valence-electron chi connectivity index (χ3n) is 3.59. The van der Waals surface area contributed by atoms with Crippen LogP contribution in [0.5, 0.6) is 11.5 Å². The molecular weight excluding hydrogens is 342 g/mol. The largest absolute Gasteiger partial charge is 0.497 e. The van der Waals surface area contributed by atoms with Crippen LogP contribution in [0.1, 0.15) is 18.5 Å². The summed E-state index contributed by atoms with van der Waals surface area (Å²) >= 11 is 5.32. The Bertz CT molecular complexity index is 782. The summed E-state index contributed by atoms with van der Waals surface area (Å²) in [5.74, 6) is 1.11. The fraction of sp³-hybridized carbons (Fsp3) is 0.235. The maximum Gasteiger partial charge on any atom is 0.273 e. The third kappa shape index (κ3) is 4.80. The Labute approximate surface area is 151 Å². The molecule has 0 aliphatic heterocycles. The standard InChI is InChI=1S/C17H19N3O4S/c1-11(12-5-4-6-14(9-12)23-2)18-17(25)19-15-8-7-13(20(21)22)10-16(15)24-3/h4-11H,1-3H3,(H2,18,19,25). The van der Waals surface area contributed by atoms with Gasteiger partial charge in [0.15, 0.2) is 5.11 Å². The van der Waals surface area contributed by atoms with Crippen LogP contribution in [0.3, 0.4) is 0 Å². The van der Waals surface area contributed by atoms with Gasteiger partial charge in [0.2, 0.25) is 0 Å². The van der Waals surface area contributed by atoms with Crippen LogP contribution in [0.15, 0.2) is 42.5 Å². The highest BCUT2D eigenvalue weighted by atomic mass is 32.1. The van der Waals surface area contributed by atoms with Gasteiger partial charge in [-0.25, -0.2) is 0 Å². The van der Waals surface area contributed by atoms with Crippen LogP contribution in [0.25, 0.3) is 0 Å². The van der Waals surface area contributed by atoms with E-state index in [4.69, 9.17) is 21.7 Å². The molecule has 0 amide bonds. The molecule has 0 bridgehead atoms. The van der Waals surface area contributed by atoms with E-state index in [2.05, 4.69) is 10.6 Å². The van der Waals surface area contributed by atoms with E-state index in [1.807, 2.05) is 31.2 Å². The number of non-ortho nitro benzene ring substituents is 1. The third-order valence-corrected chi connectivity index (χ3v) is 3.81. The van der Waals surface area contributed by atoms with E-state index in [9.17, 15) is 10.1 Å². The number of nitro benzene ring substituents is 1. The van der Waals surface area contributed by atoms with Crippen molar-refractivity contribution >= 4 is 28.7 Å². The Balaban J connectivity index is 2.07. The maximum atomic E-state index is 10.8. The van der Waals surface area contributed by atoms with Gasteiger partial charge in [0.1, 0.15) is 11.5 Å². The number of rotatable bonds is 6. The number of hydrogen-bond donors (Lipinski definition) is 2. The quantitative estimate of drug-likeness (QED) is 0.461. The highest BCUT2D eigenvalue weighted by molar-refractivity contribution is 7.80. The Morgan fingerprint density at radius 1 is 1.20 bits per heavy atom. The van der Waals surface area contributed by atoms with Gasteiger partial charge in [-0.2, -0.15) is 0 Å². The fourth-order valence-electron chi connectivity index (χ4n) is 2.25. The summed E-state index contributed by atoms with van der Waals surface area (Å²) in [7, 11) is 3.06. The number of ether oxygens (including phenoxy) is 2. The SMILES string of the molecule is COc1cccc(C(C)NC(=S)Nc2ccc([N+](=O)[O-])cc2OC)c1. The molecule has 25 heavy (non-hydrogen) atoms. The van der Waals surface area contributed by atoms with E-state index in [1.54, 1.807) is 13.2 Å². The zero-order valence-corrected chi connectivity index (χ0v) is 14.9. The molecule has 2 rings (SSSR count). The van der Waals surface area contributed by atoms with E-state index in [0.717, 1.165) is 11.3 Å². The van der Waals surface area contributed by atoms with Crippen LogP contribution >= 0.6 is 12.2 Å². The summed E-state index contributed by atoms with van der Waals surface area (Å²) < 4.78 is 10.4. The van der Waals surface area contributed by atoms with E-state index >= 15 is 0 Å². The van der Waals surface area contributed by atoms with Crippen molar-refractivity contribution < 1.29 is 14.4 Å². The second-order valence-electron chi connectivity index (χ2n) is 5.24. The number of nitrogens with one attached hydrogen (secondary N) is 2. The van der Waals surface area contributed by atoms with Crippen LogP contribution in [0, 0.1) is 10.1 Å². The van der Waals surface area contributed by atoms with Gasteiger partial charge in [0.05, 0.1) is 36.9 Å². The van der Waals surface area contributed by atoms with Gasteiger partial charge in [-0.05, 0) is 42.9 Å². The van der Waals surface area contributed by atoms with Crippen molar-refractivity contribution in [2.24, 2.45) is 0 Å². The van der Waals surface area contributed by atoms with E-state index < -0.39 is 4.92 Å². The van der Waals surface area contributed by atoms with Gasteiger partial charge >= 0.3 is 0 Å². The lowest BCUT2D eigenvalue weighted by Gasteiger charge is -2.19. The molecule has 0 aromatic heterocycles. The Morgan fingerprint density at radius 2 is 1.96 bits per heavy atom. The smallest absolute Gasteiger partial charge is 0.273 e. The van der Waals surface area contributed by atoms with Crippen LogP contribution in [0.2, 0.25) is 0 Å². The summed E-state index contributed by atoms with van der Waals surface area (Å²) in [6.07, 6.45) is 0. The summed E-state index contributed by atoms with van der Waals surface area (Å²) in [6, 6.07) is 11.9. The number of anilines is 1. The van der Waals surface area contributed by atoms with Crippen molar-refractivity contribution in [1.82, 2.24) is 5.32 Å². The van der Waals surface area contributed by atoms with Crippen molar-refractivity contribution in [1.29, 1.82) is 0 Å². The topological polar surface area (TPSA) is 85.7 Å². The van der Waals surface area contributed by atoms with Crippen LogP contribution in [0.4, 0.5) is 11.4 Å². The second-order valence-corrected chi connectivity index (χ2v) is 5.65. The van der Waals surface area contributed by atoms with Crippen molar-refractivity contribution in [3.63, 3.8) is 0 Å². The molecule has 132 valence electrons. The first-order valence-electron chi connectivity index (χ1n) is 7.48. The molecule has 1 atom stereocenters. The average molecular weight is 361 g/mol.